The minimum absolute atomic E-state index is 0.378. The number of piperidine rings is 1. The van der Waals surface area contributed by atoms with Gasteiger partial charge < -0.3 is 5.73 Å². The Bertz CT molecular complexity index is 422. The van der Waals surface area contributed by atoms with Crippen LogP contribution in [0.3, 0.4) is 0 Å². The maximum absolute atomic E-state index is 6.48. The first-order valence-corrected chi connectivity index (χ1v) is 8.82. The van der Waals surface area contributed by atoms with Gasteiger partial charge in [-0.2, -0.15) is 0 Å². The molecule has 2 nitrogen and oxygen atoms in total. The molecule has 0 bridgehead atoms. The molecule has 1 aliphatic carbocycles. The van der Waals surface area contributed by atoms with Gasteiger partial charge in [0.15, 0.2) is 0 Å². The predicted molar refractivity (Wildman–Crippen MR) is 89.4 cm³/mol. The topological polar surface area (TPSA) is 29.3 Å². The maximum atomic E-state index is 6.48. The molecule has 2 N–H and O–H groups in total. The highest BCUT2D eigenvalue weighted by Crippen LogP contribution is 2.36. The minimum atomic E-state index is 0.378. The van der Waals surface area contributed by atoms with Crippen LogP contribution in [-0.2, 0) is 0 Å². The number of hydrogen-bond acceptors (Lipinski definition) is 2. The van der Waals surface area contributed by atoms with Crippen LogP contribution < -0.4 is 5.73 Å². The van der Waals surface area contributed by atoms with Gasteiger partial charge in [-0.3, -0.25) is 4.90 Å². The van der Waals surface area contributed by atoms with E-state index < -0.39 is 0 Å². The van der Waals surface area contributed by atoms with Crippen molar-refractivity contribution < 1.29 is 0 Å². The molecule has 1 saturated heterocycles. The van der Waals surface area contributed by atoms with E-state index in [0.29, 0.717) is 18.0 Å². The zero-order valence-corrected chi connectivity index (χ0v) is 13.4. The van der Waals surface area contributed by atoms with Crippen LogP contribution in [0.1, 0.15) is 56.9 Å². The lowest BCUT2D eigenvalue weighted by molar-refractivity contribution is 0.0865. The SMILES string of the molecule is CCC1CCN(C2CC(c3ccccc3)CCC2N)CC1. The molecule has 0 amide bonds. The number of nitrogens with zero attached hydrogens (tertiary/aromatic N) is 1. The molecule has 2 aliphatic rings. The van der Waals surface area contributed by atoms with E-state index in [1.54, 1.807) is 0 Å². The van der Waals surface area contributed by atoms with E-state index in [2.05, 4.69) is 42.2 Å². The van der Waals surface area contributed by atoms with E-state index in [1.165, 1.54) is 57.2 Å². The Labute approximate surface area is 129 Å². The van der Waals surface area contributed by atoms with Gasteiger partial charge in [0, 0.05) is 12.1 Å². The van der Waals surface area contributed by atoms with Crippen molar-refractivity contribution in [2.75, 3.05) is 13.1 Å². The highest BCUT2D eigenvalue weighted by atomic mass is 15.2. The summed E-state index contributed by atoms with van der Waals surface area (Å²) >= 11 is 0. The summed E-state index contributed by atoms with van der Waals surface area (Å²) in [6, 6.07) is 12.0. The number of benzene rings is 1. The molecule has 2 heteroatoms. The summed E-state index contributed by atoms with van der Waals surface area (Å²) in [5.41, 5.74) is 7.99. The molecular weight excluding hydrogens is 256 g/mol. The lowest BCUT2D eigenvalue weighted by Gasteiger charge is -2.44. The summed E-state index contributed by atoms with van der Waals surface area (Å²) < 4.78 is 0. The first kappa shape index (κ1) is 15.1. The normalized spacial score (nSPS) is 32.2. The Balaban J connectivity index is 1.64. The van der Waals surface area contributed by atoms with Gasteiger partial charge >= 0.3 is 0 Å². The van der Waals surface area contributed by atoms with Gasteiger partial charge in [-0.1, -0.05) is 43.7 Å². The Morgan fingerprint density at radius 2 is 1.76 bits per heavy atom. The van der Waals surface area contributed by atoms with Crippen molar-refractivity contribution in [1.29, 1.82) is 0 Å². The Kier molecular flexibility index (Phi) is 4.97. The predicted octanol–water partition coefficient (Wildman–Crippen LogP) is 3.77. The van der Waals surface area contributed by atoms with Gasteiger partial charge in [0.2, 0.25) is 0 Å². The van der Waals surface area contributed by atoms with Crippen LogP contribution >= 0.6 is 0 Å². The summed E-state index contributed by atoms with van der Waals surface area (Å²) in [7, 11) is 0. The average molecular weight is 286 g/mol. The number of nitrogens with two attached hydrogens (primary N) is 1. The van der Waals surface area contributed by atoms with Crippen molar-refractivity contribution >= 4 is 0 Å². The summed E-state index contributed by atoms with van der Waals surface area (Å²) in [5, 5.41) is 0. The van der Waals surface area contributed by atoms with Crippen molar-refractivity contribution in [1.82, 2.24) is 4.90 Å². The Morgan fingerprint density at radius 3 is 2.43 bits per heavy atom. The van der Waals surface area contributed by atoms with Crippen LogP contribution in [0, 0.1) is 5.92 Å². The molecule has 3 atom stereocenters. The fourth-order valence-electron chi connectivity index (χ4n) is 4.31. The summed E-state index contributed by atoms with van der Waals surface area (Å²) in [6.45, 7) is 4.86. The molecule has 21 heavy (non-hydrogen) atoms. The van der Waals surface area contributed by atoms with Crippen LogP contribution in [0.25, 0.3) is 0 Å². The number of rotatable bonds is 3. The lowest BCUT2D eigenvalue weighted by Crippen LogP contribution is -2.53. The van der Waals surface area contributed by atoms with E-state index in [1.807, 2.05) is 0 Å². The smallest absolute Gasteiger partial charge is 0.0253 e. The van der Waals surface area contributed by atoms with Gasteiger partial charge in [0.25, 0.3) is 0 Å². The van der Waals surface area contributed by atoms with Gasteiger partial charge in [-0.05, 0) is 62.6 Å². The highest BCUT2D eigenvalue weighted by Gasteiger charge is 2.34. The maximum Gasteiger partial charge on any atom is 0.0253 e. The monoisotopic (exact) mass is 286 g/mol. The molecule has 0 radical (unpaired) electrons. The molecule has 1 aromatic rings. The summed E-state index contributed by atoms with van der Waals surface area (Å²) in [6.07, 6.45) is 7.77. The first-order chi connectivity index (χ1) is 10.3. The average Bonchev–Trinajstić information content (AvgIpc) is 2.56. The molecule has 1 heterocycles. The quantitative estimate of drug-likeness (QED) is 0.916. The van der Waals surface area contributed by atoms with Crippen LogP contribution in [0.4, 0.5) is 0 Å². The third-order valence-electron chi connectivity index (χ3n) is 5.84. The van der Waals surface area contributed by atoms with Gasteiger partial charge in [0.1, 0.15) is 0 Å². The van der Waals surface area contributed by atoms with Gasteiger partial charge in [-0.15, -0.1) is 0 Å². The number of likely N-dealkylation sites (tertiary alicyclic amines) is 1. The van der Waals surface area contributed by atoms with E-state index in [-0.39, 0.29) is 0 Å². The molecule has 2 fully saturated rings. The third kappa shape index (κ3) is 3.49. The standard InChI is InChI=1S/C19H30N2/c1-2-15-10-12-21(13-11-15)19-14-17(8-9-18(19)20)16-6-4-3-5-7-16/h3-7,15,17-19H,2,8-14,20H2,1H3. The highest BCUT2D eigenvalue weighted by molar-refractivity contribution is 5.21. The molecule has 3 unspecified atom stereocenters. The second-order valence-corrected chi connectivity index (χ2v) is 7.04. The Morgan fingerprint density at radius 1 is 1.05 bits per heavy atom. The molecule has 1 aliphatic heterocycles. The van der Waals surface area contributed by atoms with E-state index >= 15 is 0 Å². The van der Waals surface area contributed by atoms with Crippen molar-refractivity contribution in [3.8, 4) is 0 Å². The fraction of sp³-hybridized carbons (Fsp3) is 0.684. The minimum Gasteiger partial charge on any atom is -0.326 e. The van der Waals surface area contributed by atoms with Crippen LogP contribution in [-0.4, -0.2) is 30.1 Å². The second kappa shape index (κ2) is 6.93. The largest absolute Gasteiger partial charge is 0.326 e. The Hall–Kier alpha value is -0.860. The van der Waals surface area contributed by atoms with Crippen molar-refractivity contribution in [2.24, 2.45) is 11.7 Å². The lowest BCUT2D eigenvalue weighted by atomic mass is 9.77. The molecule has 1 aromatic carbocycles. The van der Waals surface area contributed by atoms with Crippen molar-refractivity contribution in [2.45, 2.75) is 63.5 Å². The zero-order valence-electron chi connectivity index (χ0n) is 13.4. The third-order valence-corrected chi connectivity index (χ3v) is 5.84. The van der Waals surface area contributed by atoms with Crippen molar-refractivity contribution in [3.05, 3.63) is 35.9 Å². The summed E-state index contributed by atoms with van der Waals surface area (Å²) in [5.74, 6) is 1.66. The second-order valence-electron chi connectivity index (χ2n) is 7.04. The first-order valence-electron chi connectivity index (χ1n) is 8.82. The van der Waals surface area contributed by atoms with E-state index in [9.17, 15) is 0 Å². The number of hydrogen-bond donors (Lipinski definition) is 1. The molecule has 1 saturated carbocycles. The van der Waals surface area contributed by atoms with Crippen molar-refractivity contribution in [3.63, 3.8) is 0 Å². The van der Waals surface area contributed by atoms with E-state index in [4.69, 9.17) is 5.73 Å². The van der Waals surface area contributed by atoms with Crippen LogP contribution in [0.5, 0.6) is 0 Å². The summed E-state index contributed by atoms with van der Waals surface area (Å²) in [4.78, 5) is 2.70. The van der Waals surface area contributed by atoms with Crippen LogP contribution in [0.2, 0.25) is 0 Å². The van der Waals surface area contributed by atoms with Gasteiger partial charge in [-0.25, -0.2) is 0 Å². The molecule has 0 spiro atoms. The fourth-order valence-corrected chi connectivity index (χ4v) is 4.31. The zero-order chi connectivity index (χ0) is 14.7. The molecular formula is C19H30N2. The molecule has 3 rings (SSSR count). The van der Waals surface area contributed by atoms with E-state index in [0.717, 1.165) is 5.92 Å². The molecule has 0 aromatic heterocycles. The van der Waals surface area contributed by atoms with Gasteiger partial charge in [0.05, 0.1) is 0 Å². The molecule has 116 valence electrons. The van der Waals surface area contributed by atoms with Crippen LogP contribution in [0.15, 0.2) is 30.3 Å².